The molecular formula is C60H90N2O8. The lowest BCUT2D eigenvalue weighted by Gasteiger charge is -2.23. The van der Waals surface area contributed by atoms with Crippen LogP contribution in [0.2, 0.25) is 0 Å². The van der Waals surface area contributed by atoms with Crippen molar-refractivity contribution in [2.45, 2.75) is 194 Å². The van der Waals surface area contributed by atoms with Crippen LogP contribution in [0.1, 0.15) is 223 Å². The van der Waals surface area contributed by atoms with E-state index in [0.717, 1.165) is 38.5 Å². The molecule has 0 aromatic heterocycles. The molecule has 0 bridgehead atoms. The third kappa shape index (κ3) is 24.1. The summed E-state index contributed by atoms with van der Waals surface area (Å²) in [7, 11) is 0. The molecule has 0 saturated carbocycles. The number of carbonyl (C=O) groups is 4. The minimum atomic E-state index is -0.594. The van der Waals surface area contributed by atoms with Crippen LogP contribution in [0.25, 0.3) is 0 Å². The summed E-state index contributed by atoms with van der Waals surface area (Å²) in [5.74, 6) is -1.08. The van der Waals surface area contributed by atoms with Crippen LogP contribution >= 0.6 is 0 Å². The van der Waals surface area contributed by atoms with Crippen LogP contribution < -0.4 is 0 Å². The third-order valence-corrected chi connectivity index (χ3v) is 12.4. The monoisotopic (exact) mass is 967 g/mol. The fourth-order valence-corrected chi connectivity index (χ4v) is 8.40. The van der Waals surface area contributed by atoms with Crippen LogP contribution in [0, 0.1) is 0 Å². The molecule has 2 aliphatic heterocycles. The van der Waals surface area contributed by atoms with Crippen LogP contribution in [0.4, 0.5) is 0 Å². The molecule has 0 saturated heterocycles. The number of hydrogen-bond acceptors (Lipinski definition) is 8. The van der Waals surface area contributed by atoms with E-state index in [4.69, 9.17) is 18.9 Å². The lowest BCUT2D eigenvalue weighted by Crippen LogP contribution is -2.39. The van der Waals surface area contributed by atoms with Crippen LogP contribution in [0.5, 0.6) is 0 Å². The number of allylic oxidation sites excluding steroid dienone is 8. The van der Waals surface area contributed by atoms with Gasteiger partial charge in [-0.05, 0) is 115 Å². The number of imide groups is 2. The van der Waals surface area contributed by atoms with E-state index in [-0.39, 0.29) is 36.7 Å². The van der Waals surface area contributed by atoms with Crippen LogP contribution in [-0.4, -0.2) is 85.5 Å². The summed E-state index contributed by atoms with van der Waals surface area (Å²) in [6.45, 7) is 10.5. The number of benzene rings is 2. The molecule has 2 aromatic carbocycles. The Morgan fingerprint density at radius 1 is 0.371 bits per heavy atom. The largest absolute Gasteiger partial charge is 0.351 e. The summed E-state index contributed by atoms with van der Waals surface area (Å²) >= 11 is 0. The lowest BCUT2D eigenvalue weighted by atomic mass is 10.1. The first-order valence-corrected chi connectivity index (χ1v) is 27.3. The number of hydrogen-bond donors (Lipinski definition) is 0. The van der Waals surface area contributed by atoms with Gasteiger partial charge in [0.2, 0.25) is 0 Å². The van der Waals surface area contributed by atoms with E-state index in [0.29, 0.717) is 48.7 Å². The van der Waals surface area contributed by atoms with Gasteiger partial charge in [-0.2, -0.15) is 0 Å². The Morgan fingerprint density at radius 2 is 0.657 bits per heavy atom. The zero-order chi connectivity index (χ0) is 50.3. The summed E-state index contributed by atoms with van der Waals surface area (Å²) < 4.78 is 23.1. The molecule has 10 heteroatoms. The van der Waals surface area contributed by atoms with Gasteiger partial charge in [-0.15, -0.1) is 0 Å². The quantitative estimate of drug-likeness (QED) is 0.0281. The Kier molecular flexibility index (Phi) is 33.5. The first-order valence-electron chi connectivity index (χ1n) is 27.3. The van der Waals surface area contributed by atoms with Gasteiger partial charge < -0.3 is 18.9 Å². The highest BCUT2D eigenvalue weighted by Crippen LogP contribution is 2.25. The second-order valence-corrected chi connectivity index (χ2v) is 18.2. The molecule has 0 atom stereocenters. The fraction of sp³-hybridized carbons (Fsp3) is 0.600. The summed E-state index contributed by atoms with van der Waals surface area (Å²) in [6, 6.07) is 13.9. The molecule has 2 aliphatic rings. The molecule has 388 valence electrons. The van der Waals surface area contributed by atoms with Gasteiger partial charge in [-0.3, -0.25) is 29.0 Å². The fourth-order valence-electron chi connectivity index (χ4n) is 8.40. The number of carbonyl (C=O) groups excluding carboxylic acids is 4. The highest BCUT2D eigenvalue weighted by Gasteiger charge is 2.38. The highest BCUT2D eigenvalue weighted by molar-refractivity contribution is 6.22. The Labute approximate surface area is 423 Å². The van der Waals surface area contributed by atoms with E-state index in [2.05, 4.69) is 62.5 Å². The molecule has 0 aliphatic carbocycles. The van der Waals surface area contributed by atoms with Crippen molar-refractivity contribution < 1.29 is 38.1 Å². The second kappa shape index (κ2) is 39.2. The number of fused-ring (bicyclic) bond motifs is 2. The highest BCUT2D eigenvalue weighted by atomic mass is 16.7. The molecule has 10 nitrogen and oxygen atoms in total. The Morgan fingerprint density at radius 3 is 0.971 bits per heavy atom. The first kappa shape index (κ1) is 59.8. The molecule has 2 aromatic rings. The molecule has 0 spiro atoms. The van der Waals surface area contributed by atoms with E-state index < -0.39 is 12.6 Å². The van der Waals surface area contributed by atoms with Crippen molar-refractivity contribution in [1.82, 2.24) is 9.80 Å². The molecule has 4 amide bonds. The summed E-state index contributed by atoms with van der Waals surface area (Å²) in [5, 5.41) is 0. The first-order chi connectivity index (χ1) is 34.4. The van der Waals surface area contributed by atoms with Crippen molar-refractivity contribution in [3.05, 3.63) is 119 Å². The number of nitrogens with zero attached hydrogens (tertiary/aromatic N) is 2. The van der Waals surface area contributed by atoms with E-state index in [9.17, 15) is 19.2 Å². The normalized spacial score (nSPS) is 13.7. The van der Waals surface area contributed by atoms with E-state index in [1.54, 1.807) is 48.5 Å². The van der Waals surface area contributed by atoms with Crippen LogP contribution in [-0.2, 0) is 18.9 Å². The number of rotatable bonds is 40. The van der Waals surface area contributed by atoms with Gasteiger partial charge in [0.15, 0.2) is 12.6 Å². The average Bonchev–Trinajstić information content (AvgIpc) is 3.75. The van der Waals surface area contributed by atoms with Gasteiger partial charge in [-0.1, -0.05) is 164 Å². The van der Waals surface area contributed by atoms with Crippen molar-refractivity contribution in [3.63, 3.8) is 0 Å². The minimum absolute atomic E-state index is 0.119. The molecule has 4 rings (SSSR count). The number of ether oxygens (including phenoxy) is 4. The van der Waals surface area contributed by atoms with Crippen LogP contribution in [0.15, 0.2) is 97.1 Å². The van der Waals surface area contributed by atoms with Gasteiger partial charge in [0.1, 0.15) is 0 Å². The Balaban J connectivity index is 0.000000563. The average molecular weight is 967 g/mol. The number of amides is 4. The van der Waals surface area contributed by atoms with E-state index in [1.165, 1.54) is 125 Å². The predicted molar refractivity (Wildman–Crippen MR) is 285 cm³/mol. The van der Waals surface area contributed by atoms with Gasteiger partial charge >= 0.3 is 0 Å². The van der Waals surface area contributed by atoms with Crippen LogP contribution in [0.3, 0.4) is 0 Å². The van der Waals surface area contributed by atoms with Crippen molar-refractivity contribution in [1.29, 1.82) is 0 Å². The van der Waals surface area contributed by atoms with Gasteiger partial charge in [0.05, 0.1) is 35.3 Å². The summed E-state index contributed by atoms with van der Waals surface area (Å²) in [5.41, 5.74) is 1.83. The standard InChI is InChI=1S/C46H73NO4.C14H17NO4/c1-3-5-7-9-11-13-15-17-19-21-23-25-27-29-31-35-39-50-44(41-47-45(48)42-37-33-34-38-43(42)46(47)49)51-40-36-32-30-28-26-24-22-20-18-16-14-12-10-8-6-4-2;1-3-18-12(19-4-2)9-15-13(16)10-7-5-6-8-11(10)14(15)17/h11-14,17-20,33-34,37-38,44H,3-10,15-16,21-32,35-36,39-41H2,1-2H3;5-8,12H,3-4,9H2,1-2H3/b13-11-,14-12-,19-17-,20-18-;. The minimum Gasteiger partial charge on any atom is -0.351 e. The SMILES string of the molecule is CCCCC/C=C\C/C=C\CCCCCCCCOC(CN1C(=O)c2ccccc2C1=O)OCCCCCCCC/C=C\C/C=C\CCCCC.CCOC(CN1C(=O)c2ccccc2C1=O)OCC. The van der Waals surface area contributed by atoms with Crippen molar-refractivity contribution in [2.24, 2.45) is 0 Å². The van der Waals surface area contributed by atoms with Gasteiger partial charge in [0.25, 0.3) is 23.6 Å². The second-order valence-electron chi connectivity index (χ2n) is 18.2. The van der Waals surface area contributed by atoms with Crippen molar-refractivity contribution in [2.75, 3.05) is 39.5 Å². The van der Waals surface area contributed by atoms with E-state index in [1.807, 2.05) is 13.8 Å². The maximum absolute atomic E-state index is 13.0. The summed E-state index contributed by atoms with van der Waals surface area (Å²) in [4.78, 5) is 52.7. The molecular weight excluding hydrogens is 877 g/mol. The van der Waals surface area contributed by atoms with Crippen molar-refractivity contribution >= 4 is 23.6 Å². The number of unbranched alkanes of at least 4 members (excludes halogenated alkanes) is 18. The summed E-state index contributed by atoms with van der Waals surface area (Å²) in [6.07, 6.45) is 46.1. The maximum atomic E-state index is 13.0. The molecule has 2 heterocycles. The molecule has 70 heavy (non-hydrogen) atoms. The zero-order valence-electron chi connectivity index (χ0n) is 43.8. The maximum Gasteiger partial charge on any atom is 0.261 e. The molecule has 0 radical (unpaired) electrons. The van der Waals surface area contributed by atoms with Crippen molar-refractivity contribution in [3.8, 4) is 0 Å². The van der Waals surface area contributed by atoms with Gasteiger partial charge in [0, 0.05) is 26.4 Å². The Hall–Kier alpha value is -4.48. The third-order valence-electron chi connectivity index (χ3n) is 12.4. The van der Waals surface area contributed by atoms with Gasteiger partial charge in [-0.25, -0.2) is 0 Å². The van der Waals surface area contributed by atoms with E-state index >= 15 is 0 Å². The molecule has 0 unspecified atom stereocenters. The smallest absolute Gasteiger partial charge is 0.261 e. The Bertz CT molecular complexity index is 1740. The lowest BCUT2D eigenvalue weighted by molar-refractivity contribution is -0.148. The molecule has 0 fully saturated rings. The zero-order valence-corrected chi connectivity index (χ0v) is 43.8. The topological polar surface area (TPSA) is 112 Å². The predicted octanol–water partition coefficient (Wildman–Crippen LogP) is 15.0. The molecule has 0 N–H and O–H groups in total.